The maximum Gasteiger partial charge on any atom is 0.337 e. The van der Waals surface area contributed by atoms with Crippen molar-refractivity contribution in [3.05, 3.63) is 23.8 Å². The van der Waals surface area contributed by atoms with Gasteiger partial charge in [0, 0.05) is 6.54 Å². The van der Waals surface area contributed by atoms with E-state index in [0.29, 0.717) is 23.6 Å². The molecule has 1 aromatic carbocycles. The van der Waals surface area contributed by atoms with Crippen LogP contribution in [0, 0.1) is 5.92 Å². The van der Waals surface area contributed by atoms with E-state index in [4.69, 9.17) is 14.2 Å². The van der Waals surface area contributed by atoms with Crippen molar-refractivity contribution in [1.82, 2.24) is 4.90 Å². The zero-order valence-corrected chi connectivity index (χ0v) is 16.0. The largest absolute Gasteiger partial charge is 0.493 e. The van der Waals surface area contributed by atoms with Crippen LogP contribution in [-0.4, -0.2) is 75.6 Å². The molecule has 1 aliphatic rings. The number of carbonyl (C=O) groups excluding carboxylic acids is 2. The second-order valence-corrected chi connectivity index (χ2v) is 6.42. The lowest BCUT2D eigenvalue weighted by Gasteiger charge is -2.31. The molecule has 0 aliphatic carbocycles. The Morgan fingerprint density at radius 3 is 2.44 bits per heavy atom. The maximum atomic E-state index is 11.6. The highest BCUT2D eigenvalue weighted by Crippen LogP contribution is 2.28. The lowest BCUT2D eigenvalue weighted by Crippen LogP contribution is -2.42. The van der Waals surface area contributed by atoms with Crippen molar-refractivity contribution < 1.29 is 33.6 Å². The van der Waals surface area contributed by atoms with Crippen molar-refractivity contribution in [2.24, 2.45) is 5.92 Å². The van der Waals surface area contributed by atoms with Gasteiger partial charge in [0.05, 0.1) is 32.8 Å². The molecule has 8 nitrogen and oxygen atoms in total. The summed E-state index contributed by atoms with van der Waals surface area (Å²) in [4.78, 5) is 25.2. The van der Waals surface area contributed by atoms with E-state index < -0.39 is 12.1 Å². The molecular weight excluding hydrogens is 354 g/mol. The lowest BCUT2D eigenvalue weighted by molar-refractivity contribution is -0.147. The topological polar surface area (TPSA) is 94.5 Å². The van der Waals surface area contributed by atoms with Crippen molar-refractivity contribution in [3.63, 3.8) is 0 Å². The molecule has 0 saturated carbocycles. The summed E-state index contributed by atoms with van der Waals surface area (Å²) >= 11 is 0. The third-order valence-corrected chi connectivity index (χ3v) is 4.61. The second kappa shape index (κ2) is 10.1. The Bertz CT molecular complexity index is 641. The number of hydrogen-bond donors (Lipinski definition) is 1. The Labute approximate surface area is 159 Å². The molecule has 0 amide bonds. The summed E-state index contributed by atoms with van der Waals surface area (Å²) in [5.74, 6) is 0.145. The normalized spacial score (nSPS) is 16.4. The molecule has 0 radical (unpaired) electrons. The molecule has 0 spiro atoms. The highest BCUT2D eigenvalue weighted by atomic mass is 16.5. The first-order valence-electron chi connectivity index (χ1n) is 8.85. The number of piperidine rings is 1. The molecule has 1 saturated heterocycles. The Hall–Kier alpha value is -2.32. The summed E-state index contributed by atoms with van der Waals surface area (Å²) in [6.07, 6.45) is 0.760. The summed E-state index contributed by atoms with van der Waals surface area (Å²) < 4.78 is 20.3. The predicted molar refractivity (Wildman–Crippen MR) is 97.0 cm³/mol. The van der Waals surface area contributed by atoms with Crippen LogP contribution in [-0.2, 0) is 14.3 Å². The van der Waals surface area contributed by atoms with Gasteiger partial charge >= 0.3 is 11.9 Å². The van der Waals surface area contributed by atoms with E-state index in [1.807, 2.05) is 0 Å². The Morgan fingerprint density at radius 1 is 1.15 bits per heavy atom. The molecular formula is C19H27NO7. The number of β-amino-alcohol motifs (C(OH)–C–C–N with tert-alkyl or cyclic N) is 1. The molecule has 2 rings (SSSR count). The van der Waals surface area contributed by atoms with Crippen molar-refractivity contribution in [1.29, 1.82) is 0 Å². The van der Waals surface area contributed by atoms with Gasteiger partial charge in [-0.3, -0.25) is 4.79 Å². The highest BCUT2D eigenvalue weighted by molar-refractivity contribution is 5.90. The van der Waals surface area contributed by atoms with Crippen LogP contribution in [0.2, 0.25) is 0 Å². The van der Waals surface area contributed by atoms with E-state index in [-0.39, 0.29) is 18.5 Å². The quantitative estimate of drug-likeness (QED) is 0.669. The smallest absolute Gasteiger partial charge is 0.337 e. The monoisotopic (exact) mass is 381 g/mol. The molecule has 1 heterocycles. The fourth-order valence-electron chi connectivity index (χ4n) is 3.09. The number of aliphatic hydroxyl groups excluding tert-OH is 1. The van der Waals surface area contributed by atoms with Gasteiger partial charge in [0.15, 0.2) is 11.5 Å². The third kappa shape index (κ3) is 5.83. The molecule has 1 aliphatic heterocycles. The van der Waals surface area contributed by atoms with Gasteiger partial charge in [-0.15, -0.1) is 0 Å². The van der Waals surface area contributed by atoms with Crippen LogP contribution in [0.3, 0.4) is 0 Å². The van der Waals surface area contributed by atoms with Gasteiger partial charge in [0.25, 0.3) is 0 Å². The first-order valence-corrected chi connectivity index (χ1v) is 8.85. The molecule has 0 bridgehead atoms. The second-order valence-electron chi connectivity index (χ2n) is 6.42. The minimum absolute atomic E-state index is 0.0581. The first-order chi connectivity index (χ1) is 13.0. The zero-order valence-electron chi connectivity index (χ0n) is 16.0. The van der Waals surface area contributed by atoms with Gasteiger partial charge < -0.3 is 29.0 Å². The molecule has 1 N–H and O–H groups in total. The van der Waals surface area contributed by atoms with Crippen LogP contribution in [0.15, 0.2) is 18.2 Å². The standard InChI is InChI=1S/C19H27NO7/c1-24-17-10-14(19(23)26-3)4-5-16(17)27-12-15(21)11-20-8-6-13(7-9-20)18(22)25-2/h4-5,10,13,15,21H,6-9,11-12H2,1-3H3/t15-/m0/s1. The van der Waals surface area contributed by atoms with Crippen LogP contribution in [0.1, 0.15) is 23.2 Å². The molecule has 150 valence electrons. The van der Waals surface area contributed by atoms with Crippen molar-refractivity contribution in [3.8, 4) is 11.5 Å². The van der Waals surface area contributed by atoms with E-state index >= 15 is 0 Å². The number of methoxy groups -OCH3 is 3. The molecule has 0 aromatic heterocycles. The summed E-state index contributed by atoms with van der Waals surface area (Å²) in [6.45, 7) is 2.00. The molecule has 1 aromatic rings. The number of rotatable bonds is 8. The van der Waals surface area contributed by atoms with Crippen LogP contribution < -0.4 is 9.47 Å². The van der Waals surface area contributed by atoms with Crippen molar-refractivity contribution in [2.75, 3.05) is 47.6 Å². The fourth-order valence-corrected chi connectivity index (χ4v) is 3.09. The summed E-state index contributed by atoms with van der Waals surface area (Å²) in [6, 6.07) is 4.72. The predicted octanol–water partition coefficient (Wildman–Crippen LogP) is 1.11. The lowest BCUT2D eigenvalue weighted by atomic mass is 9.97. The number of hydrogen-bond acceptors (Lipinski definition) is 8. The molecule has 8 heteroatoms. The van der Waals surface area contributed by atoms with Gasteiger partial charge in [-0.25, -0.2) is 4.79 Å². The number of ether oxygens (including phenoxy) is 4. The van der Waals surface area contributed by atoms with Crippen LogP contribution >= 0.6 is 0 Å². The van der Waals surface area contributed by atoms with E-state index in [0.717, 1.165) is 25.9 Å². The SMILES string of the molecule is COC(=O)c1ccc(OC[C@@H](O)CN2CCC(C(=O)OC)CC2)c(OC)c1. The Morgan fingerprint density at radius 2 is 1.85 bits per heavy atom. The summed E-state index contributed by atoms with van der Waals surface area (Å²) in [5.41, 5.74) is 0.357. The Balaban J connectivity index is 1.83. The summed E-state index contributed by atoms with van der Waals surface area (Å²) in [7, 11) is 4.19. The number of esters is 2. The van der Waals surface area contributed by atoms with Gasteiger partial charge in [0.1, 0.15) is 12.7 Å². The van der Waals surface area contributed by atoms with E-state index in [1.165, 1.54) is 27.4 Å². The average Bonchev–Trinajstić information content (AvgIpc) is 2.71. The van der Waals surface area contributed by atoms with Crippen LogP contribution in [0.4, 0.5) is 0 Å². The van der Waals surface area contributed by atoms with E-state index in [1.54, 1.807) is 12.1 Å². The van der Waals surface area contributed by atoms with Crippen LogP contribution in [0.25, 0.3) is 0 Å². The fraction of sp³-hybridized carbons (Fsp3) is 0.579. The minimum atomic E-state index is -0.690. The zero-order chi connectivity index (χ0) is 19.8. The van der Waals surface area contributed by atoms with Gasteiger partial charge in [-0.1, -0.05) is 0 Å². The molecule has 1 atom stereocenters. The molecule has 27 heavy (non-hydrogen) atoms. The molecule has 0 unspecified atom stereocenters. The number of aliphatic hydroxyl groups is 1. The van der Waals surface area contributed by atoms with Gasteiger partial charge in [-0.2, -0.15) is 0 Å². The maximum absolute atomic E-state index is 11.6. The Kier molecular flexibility index (Phi) is 7.87. The third-order valence-electron chi connectivity index (χ3n) is 4.61. The van der Waals surface area contributed by atoms with E-state index in [9.17, 15) is 14.7 Å². The van der Waals surface area contributed by atoms with Crippen LogP contribution in [0.5, 0.6) is 11.5 Å². The van der Waals surface area contributed by atoms with Crippen molar-refractivity contribution in [2.45, 2.75) is 18.9 Å². The van der Waals surface area contributed by atoms with Crippen molar-refractivity contribution >= 4 is 11.9 Å². The summed E-state index contributed by atoms with van der Waals surface area (Å²) in [5, 5.41) is 10.3. The highest BCUT2D eigenvalue weighted by Gasteiger charge is 2.26. The van der Waals surface area contributed by atoms with Gasteiger partial charge in [-0.05, 0) is 44.1 Å². The number of benzene rings is 1. The minimum Gasteiger partial charge on any atom is -0.493 e. The van der Waals surface area contributed by atoms with E-state index in [2.05, 4.69) is 9.64 Å². The number of likely N-dealkylation sites (tertiary alicyclic amines) is 1. The number of carbonyl (C=O) groups is 2. The average molecular weight is 381 g/mol. The van der Waals surface area contributed by atoms with Gasteiger partial charge in [0.2, 0.25) is 0 Å². The number of nitrogens with zero attached hydrogens (tertiary/aromatic N) is 1. The first kappa shape index (κ1) is 21.0. The molecule has 1 fully saturated rings.